The van der Waals surface area contributed by atoms with Gasteiger partial charge in [0.2, 0.25) is 20.0 Å². The van der Waals surface area contributed by atoms with Crippen LogP contribution >= 0.6 is 0 Å². The number of benzene rings is 1. The van der Waals surface area contributed by atoms with Gasteiger partial charge in [0.25, 0.3) is 0 Å². The van der Waals surface area contributed by atoms with Crippen LogP contribution in [0.1, 0.15) is 25.3 Å². The topological polar surface area (TPSA) is 104 Å². The van der Waals surface area contributed by atoms with E-state index in [2.05, 4.69) is 21.7 Å². The maximum atomic E-state index is 12.5. The van der Waals surface area contributed by atoms with Crippen molar-refractivity contribution in [1.29, 1.82) is 0 Å². The average molecular weight is 376 g/mol. The molecule has 3 N–H and O–H groups in total. The van der Waals surface area contributed by atoms with Crippen molar-refractivity contribution in [3.63, 3.8) is 0 Å². The normalized spacial score (nSPS) is 22.5. The monoisotopic (exact) mass is 375 g/mol. The molecule has 1 heterocycles. The first-order chi connectivity index (χ1) is 11.1. The Morgan fingerprint density at radius 3 is 2.46 bits per heavy atom. The van der Waals surface area contributed by atoms with Crippen LogP contribution in [0.5, 0.6) is 0 Å². The lowest BCUT2D eigenvalue weighted by molar-refractivity contribution is 0.238. The van der Waals surface area contributed by atoms with Crippen molar-refractivity contribution in [1.82, 2.24) is 14.8 Å². The summed E-state index contributed by atoms with van der Waals surface area (Å²) in [6.07, 6.45) is 1.98. The van der Waals surface area contributed by atoms with Crippen LogP contribution in [0, 0.1) is 12.3 Å². The van der Waals surface area contributed by atoms with Gasteiger partial charge >= 0.3 is 0 Å². The maximum absolute atomic E-state index is 12.5. The highest BCUT2D eigenvalue weighted by atomic mass is 32.2. The van der Waals surface area contributed by atoms with Gasteiger partial charge in [-0.1, -0.05) is 6.92 Å². The third-order valence-corrected chi connectivity index (χ3v) is 7.36. The molecule has 7 nitrogen and oxygen atoms in total. The molecule has 1 fully saturated rings. The molecule has 1 aromatic rings. The van der Waals surface area contributed by atoms with E-state index in [-0.39, 0.29) is 15.2 Å². The van der Waals surface area contributed by atoms with Crippen molar-refractivity contribution in [2.45, 2.75) is 36.5 Å². The first kappa shape index (κ1) is 19.3. The highest BCUT2D eigenvalue weighted by Gasteiger charge is 2.29. The van der Waals surface area contributed by atoms with Gasteiger partial charge in [-0.3, -0.25) is 0 Å². The van der Waals surface area contributed by atoms with Crippen LogP contribution in [0.15, 0.2) is 28.0 Å². The van der Waals surface area contributed by atoms with E-state index in [1.54, 1.807) is 6.92 Å². The smallest absolute Gasteiger partial charge is 0.240 e. The highest BCUT2D eigenvalue weighted by Crippen LogP contribution is 2.25. The summed E-state index contributed by atoms with van der Waals surface area (Å²) >= 11 is 0. The maximum Gasteiger partial charge on any atom is 0.240 e. The fourth-order valence-corrected chi connectivity index (χ4v) is 5.06. The van der Waals surface area contributed by atoms with Gasteiger partial charge in [-0.15, -0.1) is 0 Å². The molecule has 1 unspecified atom stereocenters. The Bertz CT molecular complexity index is 798. The second kappa shape index (κ2) is 7.09. The molecule has 0 aromatic heterocycles. The van der Waals surface area contributed by atoms with Gasteiger partial charge in [0.05, 0.1) is 9.79 Å². The van der Waals surface area contributed by atoms with Crippen LogP contribution in [0.4, 0.5) is 0 Å². The molecular formula is C15H25N3O4S2. The van der Waals surface area contributed by atoms with Crippen molar-refractivity contribution < 1.29 is 16.8 Å². The molecule has 0 saturated carbocycles. The standard InChI is InChI=1S/C15H25N3O4S2/c1-12-9-13(5-6-14(12)24(21,22)16-3)23(19,20)18-11-15(2)7-4-8-17-10-15/h5-6,9,16-18H,4,7-8,10-11H2,1-3H3. The first-order valence-electron chi connectivity index (χ1n) is 7.84. The number of rotatable bonds is 6. The lowest BCUT2D eigenvalue weighted by Crippen LogP contribution is -2.45. The number of nitrogens with one attached hydrogen (secondary N) is 3. The van der Waals surface area contributed by atoms with Crippen molar-refractivity contribution in [3.8, 4) is 0 Å². The van der Waals surface area contributed by atoms with E-state index in [4.69, 9.17) is 0 Å². The van der Waals surface area contributed by atoms with Crippen LogP contribution in [-0.2, 0) is 20.0 Å². The average Bonchev–Trinajstić information content (AvgIpc) is 2.53. The second-order valence-corrected chi connectivity index (χ2v) is 10.2. The Balaban J connectivity index is 2.19. The van der Waals surface area contributed by atoms with E-state index in [1.807, 2.05) is 0 Å². The minimum atomic E-state index is -3.68. The lowest BCUT2D eigenvalue weighted by atomic mass is 9.83. The molecule has 1 saturated heterocycles. The summed E-state index contributed by atoms with van der Waals surface area (Å²) in [7, 11) is -5.97. The Morgan fingerprint density at radius 1 is 1.21 bits per heavy atom. The van der Waals surface area contributed by atoms with Gasteiger partial charge in [-0.25, -0.2) is 26.3 Å². The molecule has 0 amide bonds. The summed E-state index contributed by atoms with van der Waals surface area (Å²) in [6, 6.07) is 4.02. The van der Waals surface area contributed by atoms with Gasteiger partial charge < -0.3 is 5.32 Å². The summed E-state index contributed by atoms with van der Waals surface area (Å²) in [5.41, 5.74) is 0.272. The van der Waals surface area contributed by atoms with Crippen molar-refractivity contribution in [3.05, 3.63) is 23.8 Å². The van der Waals surface area contributed by atoms with Crippen LogP contribution in [-0.4, -0.2) is 43.5 Å². The summed E-state index contributed by atoms with van der Waals surface area (Å²) in [5, 5.41) is 3.28. The van der Waals surface area contributed by atoms with Gasteiger partial charge in [-0.2, -0.15) is 0 Å². The van der Waals surface area contributed by atoms with Crippen LogP contribution in [0.2, 0.25) is 0 Å². The zero-order valence-corrected chi connectivity index (χ0v) is 15.9. The summed E-state index contributed by atoms with van der Waals surface area (Å²) < 4.78 is 53.6. The van der Waals surface area contributed by atoms with Gasteiger partial charge in [0.1, 0.15) is 0 Å². The van der Waals surface area contributed by atoms with Crippen LogP contribution in [0.3, 0.4) is 0 Å². The molecule has 1 aliphatic heterocycles. The summed E-state index contributed by atoms with van der Waals surface area (Å²) in [6.45, 7) is 5.71. The zero-order chi connectivity index (χ0) is 18.0. The quantitative estimate of drug-likeness (QED) is 0.674. The molecule has 2 rings (SSSR count). The third-order valence-electron chi connectivity index (χ3n) is 4.39. The van der Waals surface area contributed by atoms with E-state index in [1.165, 1.54) is 25.2 Å². The first-order valence-corrected chi connectivity index (χ1v) is 10.8. The number of hydrogen-bond donors (Lipinski definition) is 3. The Kier molecular flexibility index (Phi) is 5.71. The van der Waals surface area contributed by atoms with E-state index in [0.29, 0.717) is 12.1 Å². The Morgan fingerprint density at radius 2 is 1.92 bits per heavy atom. The molecule has 0 aliphatic carbocycles. The fourth-order valence-electron chi connectivity index (χ4n) is 2.82. The highest BCUT2D eigenvalue weighted by molar-refractivity contribution is 7.90. The molecule has 24 heavy (non-hydrogen) atoms. The molecule has 0 radical (unpaired) electrons. The molecule has 0 bridgehead atoms. The van der Waals surface area contributed by atoms with Gasteiger partial charge in [-0.05, 0) is 62.5 Å². The lowest BCUT2D eigenvalue weighted by Gasteiger charge is -2.34. The fraction of sp³-hybridized carbons (Fsp3) is 0.600. The minimum Gasteiger partial charge on any atom is -0.316 e. The van der Waals surface area contributed by atoms with Crippen molar-refractivity contribution in [2.24, 2.45) is 5.41 Å². The van der Waals surface area contributed by atoms with Crippen molar-refractivity contribution in [2.75, 3.05) is 26.7 Å². The summed E-state index contributed by atoms with van der Waals surface area (Å²) in [4.78, 5) is 0.148. The van der Waals surface area contributed by atoms with Gasteiger partial charge in [0, 0.05) is 13.1 Å². The molecule has 1 atom stereocenters. The Labute approximate surface area is 144 Å². The minimum absolute atomic E-state index is 0.0717. The van der Waals surface area contributed by atoms with Gasteiger partial charge in [0.15, 0.2) is 0 Å². The molecule has 1 aromatic carbocycles. The molecule has 136 valence electrons. The van der Waals surface area contributed by atoms with Crippen LogP contribution in [0.25, 0.3) is 0 Å². The second-order valence-electron chi connectivity index (χ2n) is 6.55. The largest absolute Gasteiger partial charge is 0.316 e. The SMILES string of the molecule is CNS(=O)(=O)c1ccc(S(=O)(=O)NCC2(C)CCCNC2)cc1C. The van der Waals surface area contributed by atoms with E-state index >= 15 is 0 Å². The predicted molar refractivity (Wildman–Crippen MR) is 92.8 cm³/mol. The molecular weight excluding hydrogens is 350 g/mol. The zero-order valence-electron chi connectivity index (χ0n) is 14.2. The molecule has 1 aliphatic rings. The van der Waals surface area contributed by atoms with E-state index in [9.17, 15) is 16.8 Å². The van der Waals surface area contributed by atoms with Crippen molar-refractivity contribution >= 4 is 20.0 Å². The number of hydrogen-bond acceptors (Lipinski definition) is 5. The number of aryl methyl sites for hydroxylation is 1. The number of piperidine rings is 1. The van der Waals surface area contributed by atoms with E-state index < -0.39 is 20.0 Å². The molecule has 9 heteroatoms. The molecule has 0 spiro atoms. The Hall–Kier alpha value is -1.00. The predicted octanol–water partition coefficient (Wildman–Crippen LogP) is 0.571. The third kappa shape index (κ3) is 4.34. The number of sulfonamides is 2. The van der Waals surface area contributed by atoms with E-state index in [0.717, 1.165) is 25.9 Å². The summed E-state index contributed by atoms with van der Waals surface area (Å²) in [5.74, 6) is 0. The van der Waals surface area contributed by atoms with Crippen LogP contribution < -0.4 is 14.8 Å².